The number of hydrogen-bond donors (Lipinski definition) is 0. The van der Waals surface area contributed by atoms with Crippen LogP contribution in [-0.2, 0) is 15.9 Å². The Morgan fingerprint density at radius 1 is 1.35 bits per heavy atom. The first-order chi connectivity index (χ1) is 9.36. The van der Waals surface area contributed by atoms with E-state index < -0.39 is 10.0 Å². The number of alkyl halides is 1. The molecule has 112 valence electrons. The van der Waals surface area contributed by atoms with Gasteiger partial charge in [-0.1, -0.05) is 17.7 Å². The average Bonchev–Trinajstić information content (AvgIpc) is 2.41. The Balaban J connectivity index is 2.29. The van der Waals surface area contributed by atoms with E-state index in [4.69, 9.17) is 23.2 Å². The summed E-state index contributed by atoms with van der Waals surface area (Å²) in [4.78, 5) is 2.38. The molecule has 0 radical (unpaired) electrons. The summed E-state index contributed by atoms with van der Waals surface area (Å²) in [6.45, 7) is 3.74. The molecule has 1 aliphatic rings. The third-order valence-corrected chi connectivity index (χ3v) is 6.23. The number of rotatable bonds is 3. The van der Waals surface area contributed by atoms with Crippen molar-refractivity contribution < 1.29 is 8.42 Å². The molecule has 0 aromatic heterocycles. The molecule has 0 saturated carbocycles. The van der Waals surface area contributed by atoms with Gasteiger partial charge in [0, 0.05) is 36.6 Å². The maximum atomic E-state index is 12.6. The van der Waals surface area contributed by atoms with E-state index in [1.54, 1.807) is 12.1 Å². The number of likely N-dealkylation sites (N-methyl/N-ethyl adjacent to an activating group) is 1. The molecule has 1 heterocycles. The number of nitrogens with zero attached hydrogens (tertiary/aromatic N) is 2. The molecular formula is C13H18Cl2N2O2S. The van der Waals surface area contributed by atoms with Gasteiger partial charge in [0.05, 0.1) is 4.90 Å². The van der Waals surface area contributed by atoms with E-state index in [1.807, 2.05) is 14.0 Å². The molecule has 7 heteroatoms. The van der Waals surface area contributed by atoms with Gasteiger partial charge >= 0.3 is 0 Å². The first-order valence-electron chi connectivity index (χ1n) is 6.41. The van der Waals surface area contributed by atoms with Gasteiger partial charge in [0.25, 0.3) is 0 Å². The van der Waals surface area contributed by atoms with Gasteiger partial charge in [-0.2, -0.15) is 4.31 Å². The summed E-state index contributed by atoms with van der Waals surface area (Å²) in [5, 5.41) is 0.392. The molecule has 0 aliphatic carbocycles. The first kappa shape index (κ1) is 16.0. The van der Waals surface area contributed by atoms with E-state index in [-0.39, 0.29) is 16.8 Å². The zero-order valence-corrected chi connectivity index (χ0v) is 13.8. The molecule has 0 spiro atoms. The summed E-state index contributed by atoms with van der Waals surface area (Å²) in [6.07, 6.45) is 0. The summed E-state index contributed by atoms with van der Waals surface area (Å²) in [7, 11) is -1.49. The molecule has 1 saturated heterocycles. The highest BCUT2D eigenvalue weighted by Crippen LogP contribution is 2.25. The molecule has 1 atom stereocenters. The average molecular weight is 337 g/mol. The molecule has 2 rings (SSSR count). The van der Waals surface area contributed by atoms with E-state index >= 15 is 0 Å². The second-order valence-corrected chi connectivity index (χ2v) is 7.69. The highest BCUT2D eigenvalue weighted by atomic mass is 35.5. The number of piperazine rings is 1. The van der Waals surface area contributed by atoms with Crippen molar-refractivity contribution in [2.24, 2.45) is 0 Å². The van der Waals surface area contributed by atoms with E-state index in [1.165, 1.54) is 10.4 Å². The molecule has 1 aromatic rings. The van der Waals surface area contributed by atoms with Crippen molar-refractivity contribution in [2.75, 3.05) is 26.7 Å². The SMILES string of the molecule is CC1CN(S(=O)(=O)c2ccc(CCl)c(Cl)c2)CCN1C. The zero-order valence-electron chi connectivity index (χ0n) is 11.5. The molecular weight excluding hydrogens is 319 g/mol. The van der Waals surface area contributed by atoms with E-state index in [2.05, 4.69) is 4.90 Å². The van der Waals surface area contributed by atoms with Crippen LogP contribution in [0.4, 0.5) is 0 Å². The van der Waals surface area contributed by atoms with Gasteiger partial charge in [-0.3, -0.25) is 0 Å². The molecule has 0 N–H and O–H groups in total. The number of halogens is 2. The van der Waals surface area contributed by atoms with Crippen molar-refractivity contribution in [2.45, 2.75) is 23.7 Å². The molecule has 0 bridgehead atoms. The highest BCUT2D eigenvalue weighted by Gasteiger charge is 2.31. The van der Waals surface area contributed by atoms with Gasteiger partial charge in [0.1, 0.15) is 0 Å². The lowest BCUT2D eigenvalue weighted by molar-refractivity contribution is 0.159. The fourth-order valence-electron chi connectivity index (χ4n) is 2.18. The molecule has 20 heavy (non-hydrogen) atoms. The van der Waals surface area contributed by atoms with Gasteiger partial charge in [-0.15, -0.1) is 11.6 Å². The lowest BCUT2D eigenvalue weighted by atomic mass is 10.2. The maximum absolute atomic E-state index is 12.6. The normalized spacial score (nSPS) is 22.1. The smallest absolute Gasteiger partial charge is 0.243 e. The van der Waals surface area contributed by atoms with E-state index in [0.717, 1.165) is 12.1 Å². The first-order valence-corrected chi connectivity index (χ1v) is 8.76. The summed E-state index contributed by atoms with van der Waals surface area (Å²) in [6, 6.07) is 4.93. The molecule has 1 aromatic carbocycles. The van der Waals surface area contributed by atoms with Crippen molar-refractivity contribution in [1.82, 2.24) is 9.21 Å². The maximum Gasteiger partial charge on any atom is 0.243 e. The Morgan fingerprint density at radius 3 is 2.60 bits per heavy atom. The van der Waals surface area contributed by atoms with Gasteiger partial charge in [0.15, 0.2) is 0 Å². The largest absolute Gasteiger partial charge is 0.301 e. The van der Waals surface area contributed by atoms with Crippen LogP contribution < -0.4 is 0 Å². The summed E-state index contributed by atoms with van der Waals surface area (Å²) in [5.74, 6) is 0.269. The van der Waals surface area contributed by atoms with Crippen LogP contribution in [0.15, 0.2) is 23.1 Å². The van der Waals surface area contributed by atoms with Crippen molar-refractivity contribution in [3.8, 4) is 0 Å². The number of benzene rings is 1. The van der Waals surface area contributed by atoms with Gasteiger partial charge in [-0.05, 0) is 31.7 Å². The predicted molar refractivity (Wildman–Crippen MR) is 81.9 cm³/mol. The number of sulfonamides is 1. The van der Waals surface area contributed by atoms with Gasteiger partial charge in [-0.25, -0.2) is 8.42 Å². The quantitative estimate of drug-likeness (QED) is 0.796. The summed E-state index contributed by atoms with van der Waals surface area (Å²) in [5.41, 5.74) is 0.735. The monoisotopic (exact) mass is 336 g/mol. The molecule has 1 aliphatic heterocycles. The highest BCUT2D eigenvalue weighted by molar-refractivity contribution is 7.89. The van der Waals surface area contributed by atoms with Crippen LogP contribution in [0.1, 0.15) is 12.5 Å². The van der Waals surface area contributed by atoms with Crippen molar-refractivity contribution in [1.29, 1.82) is 0 Å². The van der Waals surface area contributed by atoms with Crippen molar-refractivity contribution in [3.63, 3.8) is 0 Å². The van der Waals surface area contributed by atoms with Gasteiger partial charge < -0.3 is 4.90 Å². The lowest BCUT2D eigenvalue weighted by Crippen LogP contribution is -2.51. The van der Waals surface area contributed by atoms with Crippen LogP contribution in [0, 0.1) is 0 Å². The van der Waals surface area contributed by atoms with Crippen LogP contribution in [0.3, 0.4) is 0 Å². The molecule has 1 unspecified atom stereocenters. The minimum Gasteiger partial charge on any atom is -0.301 e. The topological polar surface area (TPSA) is 40.6 Å². The van der Waals surface area contributed by atoms with Crippen LogP contribution in [0.2, 0.25) is 5.02 Å². The van der Waals surface area contributed by atoms with E-state index in [9.17, 15) is 8.42 Å². The van der Waals surface area contributed by atoms with Gasteiger partial charge in [0.2, 0.25) is 10.0 Å². The Bertz CT molecular complexity index is 592. The summed E-state index contributed by atoms with van der Waals surface area (Å²) >= 11 is 11.8. The van der Waals surface area contributed by atoms with Crippen LogP contribution >= 0.6 is 23.2 Å². The lowest BCUT2D eigenvalue weighted by Gasteiger charge is -2.36. The van der Waals surface area contributed by atoms with Crippen molar-refractivity contribution >= 4 is 33.2 Å². The third kappa shape index (κ3) is 3.12. The zero-order chi connectivity index (χ0) is 14.9. The number of hydrogen-bond acceptors (Lipinski definition) is 3. The fourth-order valence-corrected chi connectivity index (χ4v) is 4.33. The fraction of sp³-hybridized carbons (Fsp3) is 0.538. The van der Waals surface area contributed by atoms with Crippen LogP contribution in [0.25, 0.3) is 0 Å². The molecule has 1 fully saturated rings. The minimum atomic E-state index is -3.49. The minimum absolute atomic E-state index is 0.205. The van der Waals surface area contributed by atoms with E-state index in [0.29, 0.717) is 18.1 Å². The Morgan fingerprint density at radius 2 is 2.05 bits per heavy atom. The third-order valence-electron chi connectivity index (χ3n) is 3.73. The predicted octanol–water partition coefficient (Wildman–Crippen LogP) is 2.40. The second-order valence-electron chi connectivity index (χ2n) is 5.08. The Kier molecular flexibility index (Phi) is 4.97. The van der Waals surface area contributed by atoms with Crippen LogP contribution in [-0.4, -0.2) is 50.3 Å². The summed E-state index contributed by atoms with van der Waals surface area (Å²) < 4.78 is 26.7. The Labute approximate surface area is 130 Å². The van der Waals surface area contributed by atoms with Crippen LogP contribution in [0.5, 0.6) is 0 Å². The Hall–Kier alpha value is -0.330. The molecule has 0 amide bonds. The van der Waals surface area contributed by atoms with Crippen molar-refractivity contribution in [3.05, 3.63) is 28.8 Å². The standard InChI is InChI=1S/C13H18Cl2N2O2S/c1-10-9-17(6-5-16(10)2)20(18,19)12-4-3-11(8-14)13(15)7-12/h3-4,7,10H,5-6,8-9H2,1-2H3. The second kappa shape index (κ2) is 6.20. The molecule has 4 nitrogen and oxygen atoms in total.